The minimum absolute atomic E-state index is 0.450. The summed E-state index contributed by atoms with van der Waals surface area (Å²) in [6.45, 7) is 7.05. The zero-order chi connectivity index (χ0) is 73.7. The van der Waals surface area contributed by atoms with E-state index in [1.165, 1.54) is 0 Å². The number of nitrogens with zero attached hydrogens (tertiary/aromatic N) is 6. The van der Waals surface area contributed by atoms with Crippen LogP contribution in [-0.4, -0.2) is 19.1 Å². The zero-order valence-electron chi connectivity index (χ0n) is 61.4. The normalized spacial score (nSPS) is 11.6. The number of fused-ring (bicyclic) bond motifs is 6. The summed E-state index contributed by atoms with van der Waals surface area (Å²) >= 11 is 0. The Hall–Kier alpha value is -14.2. The average Bonchev–Trinajstić information content (AvgIpc) is 1.000. The molecule has 0 N–H and O–H groups in total. The second-order valence-electron chi connectivity index (χ2n) is 29.3. The van der Waals surface area contributed by atoms with Crippen molar-refractivity contribution in [2.75, 3.05) is 9.80 Å². The fraction of sp³-hybridized carbons (Fsp3) is 0.0385. The van der Waals surface area contributed by atoms with Gasteiger partial charge in [-0.15, -0.1) is 0 Å². The summed E-state index contributed by atoms with van der Waals surface area (Å²) in [6.07, 6.45) is 0. The molecule has 6 heteroatoms. The molecular weight excluding hydrogens is 1330 g/mol. The van der Waals surface area contributed by atoms with Gasteiger partial charge in [-0.05, 0) is 134 Å². The molecule has 110 heavy (non-hydrogen) atoms. The number of pyridine rings is 2. The van der Waals surface area contributed by atoms with Crippen LogP contribution < -0.4 is 9.80 Å². The van der Waals surface area contributed by atoms with E-state index in [2.05, 4.69) is 446 Å². The Morgan fingerprint density at radius 1 is 0.218 bits per heavy atom. The van der Waals surface area contributed by atoms with Crippen LogP contribution in [0.5, 0.6) is 0 Å². The molecular formula is C104H76N6. The summed E-state index contributed by atoms with van der Waals surface area (Å²) in [6, 6.07) is 148. The van der Waals surface area contributed by atoms with Gasteiger partial charge in [0.15, 0.2) is 0 Å². The van der Waals surface area contributed by atoms with Crippen molar-refractivity contribution in [1.29, 1.82) is 0 Å². The Kier molecular flexibility index (Phi) is 17.1. The molecule has 19 aromatic rings. The molecule has 0 saturated heterocycles. The molecule has 19 rings (SSSR count). The van der Waals surface area contributed by atoms with Gasteiger partial charge in [0, 0.05) is 78.4 Å². The highest BCUT2D eigenvalue weighted by molar-refractivity contribution is 6.11. The fourth-order valence-corrected chi connectivity index (χ4v) is 16.1. The molecule has 15 aromatic carbocycles. The molecule has 4 heterocycles. The Labute approximate surface area is 641 Å². The van der Waals surface area contributed by atoms with Gasteiger partial charge in [-0.2, -0.15) is 0 Å². The molecule has 6 nitrogen and oxygen atoms in total. The standard InChI is InChI=1S/C104H76N6/c1-104(2,3)81-64-82(107(102-90(73-40-16-6-17-41-73)60-79(71-36-12-4-13-37-71)61-91(102)74-42-18-7-19-43-74)84-67-94(77-48-24-10-25-49-77)105-100(69-84)109-96-56-32-28-52-86(96)87-53-29-33-57-97(87)109)66-83(65-81)108(103-92(75-44-20-8-21-45-75)62-80(72-38-14-5-15-39-72)63-93(103)76-46-22-9-23-47-76)85-68-95(78-50-26-11-27-51-78)106-101(70-85)110-98-58-34-30-54-88(98)89-55-31-35-59-99(89)110/h4-70H,1-3H3. The summed E-state index contributed by atoms with van der Waals surface area (Å²) in [5.74, 6) is 1.56. The van der Waals surface area contributed by atoms with Crippen LogP contribution in [-0.2, 0) is 5.41 Å². The van der Waals surface area contributed by atoms with Gasteiger partial charge in [0.05, 0.1) is 56.2 Å². The highest BCUT2D eigenvalue weighted by atomic mass is 15.2. The Morgan fingerprint density at radius 3 is 0.727 bits per heavy atom. The molecule has 0 aliphatic carbocycles. The van der Waals surface area contributed by atoms with Gasteiger partial charge < -0.3 is 9.80 Å². The predicted octanol–water partition coefficient (Wildman–Crippen LogP) is 28.2. The van der Waals surface area contributed by atoms with Crippen molar-refractivity contribution < 1.29 is 0 Å². The van der Waals surface area contributed by atoms with Gasteiger partial charge in [0.1, 0.15) is 11.6 Å². The van der Waals surface area contributed by atoms with Crippen molar-refractivity contribution in [2.45, 2.75) is 26.2 Å². The number of aromatic nitrogens is 4. The van der Waals surface area contributed by atoms with Crippen molar-refractivity contribution >= 4 is 77.7 Å². The number of anilines is 6. The predicted molar refractivity (Wildman–Crippen MR) is 462 cm³/mol. The first-order valence-corrected chi connectivity index (χ1v) is 37.8. The maximum Gasteiger partial charge on any atom is 0.140 e. The fourth-order valence-electron chi connectivity index (χ4n) is 16.1. The van der Waals surface area contributed by atoms with Crippen LogP contribution in [0.2, 0.25) is 0 Å². The summed E-state index contributed by atoms with van der Waals surface area (Å²) in [5, 5.41) is 4.61. The Morgan fingerprint density at radius 2 is 0.455 bits per heavy atom. The number of hydrogen-bond acceptors (Lipinski definition) is 4. The first-order valence-electron chi connectivity index (χ1n) is 37.8. The van der Waals surface area contributed by atoms with Crippen LogP contribution in [0.3, 0.4) is 0 Å². The van der Waals surface area contributed by atoms with Crippen molar-refractivity contribution in [3.8, 4) is 101 Å². The first-order chi connectivity index (χ1) is 54.2. The minimum atomic E-state index is -0.450. The SMILES string of the molecule is CC(C)(C)c1cc(N(c2cc(-c3ccccc3)nc(-n3c4ccccc4c4ccccc43)c2)c2c(-c3ccccc3)cc(-c3ccccc3)cc2-c2ccccc2)cc(N(c2cc(-c3ccccc3)nc(-n3c4ccccc4c4ccccc43)c2)c2c(-c3ccccc3)cc(-c3ccccc3)cc2-c2ccccc2)c1. The van der Waals surface area contributed by atoms with Crippen LogP contribution in [0.15, 0.2) is 406 Å². The van der Waals surface area contributed by atoms with Crippen molar-refractivity contribution in [2.24, 2.45) is 0 Å². The molecule has 0 amide bonds. The van der Waals surface area contributed by atoms with Gasteiger partial charge in [0.2, 0.25) is 0 Å². The topological polar surface area (TPSA) is 42.1 Å². The van der Waals surface area contributed by atoms with Crippen LogP contribution >= 0.6 is 0 Å². The molecule has 0 radical (unpaired) electrons. The molecule has 4 aromatic heterocycles. The second-order valence-corrected chi connectivity index (χ2v) is 29.3. The van der Waals surface area contributed by atoms with E-state index < -0.39 is 5.41 Å². The molecule has 0 saturated carbocycles. The average molecular weight is 1410 g/mol. The third-order valence-corrected chi connectivity index (χ3v) is 21.4. The lowest BCUT2D eigenvalue weighted by Gasteiger charge is -2.36. The van der Waals surface area contributed by atoms with Crippen molar-refractivity contribution in [3.05, 3.63) is 412 Å². The molecule has 0 atom stereocenters. The van der Waals surface area contributed by atoms with E-state index in [0.717, 1.165) is 184 Å². The van der Waals surface area contributed by atoms with E-state index in [0.29, 0.717) is 0 Å². The monoisotopic (exact) mass is 1410 g/mol. The van der Waals surface area contributed by atoms with E-state index in [1.54, 1.807) is 0 Å². The van der Waals surface area contributed by atoms with E-state index in [1.807, 2.05) is 0 Å². The second kappa shape index (κ2) is 28.3. The van der Waals surface area contributed by atoms with Gasteiger partial charge in [-0.3, -0.25) is 9.13 Å². The number of para-hydroxylation sites is 4. The summed E-state index contributed by atoms with van der Waals surface area (Å²) in [5.41, 5.74) is 27.1. The lowest BCUT2D eigenvalue weighted by molar-refractivity contribution is 0.590. The van der Waals surface area contributed by atoms with Gasteiger partial charge in [0.25, 0.3) is 0 Å². The lowest BCUT2D eigenvalue weighted by Crippen LogP contribution is -2.20. The Balaban J connectivity index is 1.00. The molecule has 0 unspecified atom stereocenters. The first kappa shape index (κ1) is 66.5. The number of rotatable bonds is 16. The summed E-state index contributed by atoms with van der Waals surface area (Å²) in [7, 11) is 0. The summed E-state index contributed by atoms with van der Waals surface area (Å²) in [4.78, 5) is 16.8. The van der Waals surface area contributed by atoms with Crippen LogP contribution in [0.4, 0.5) is 34.1 Å². The smallest absolute Gasteiger partial charge is 0.140 e. The largest absolute Gasteiger partial charge is 0.309 e. The number of benzene rings is 15. The highest BCUT2D eigenvalue weighted by Gasteiger charge is 2.32. The van der Waals surface area contributed by atoms with Crippen molar-refractivity contribution in [1.82, 2.24) is 19.1 Å². The quantitative estimate of drug-likeness (QED) is 0.0967. The van der Waals surface area contributed by atoms with Crippen LogP contribution in [0.1, 0.15) is 26.3 Å². The van der Waals surface area contributed by atoms with E-state index >= 15 is 0 Å². The van der Waals surface area contributed by atoms with Crippen molar-refractivity contribution in [3.63, 3.8) is 0 Å². The van der Waals surface area contributed by atoms with Crippen LogP contribution in [0.25, 0.3) is 145 Å². The van der Waals surface area contributed by atoms with E-state index in [9.17, 15) is 0 Å². The van der Waals surface area contributed by atoms with Gasteiger partial charge >= 0.3 is 0 Å². The molecule has 0 fully saturated rings. The molecule has 522 valence electrons. The maximum atomic E-state index is 5.84. The Bertz CT molecular complexity index is 5970. The summed E-state index contributed by atoms with van der Waals surface area (Å²) < 4.78 is 4.73. The third kappa shape index (κ3) is 12.3. The molecule has 0 aliphatic rings. The molecule has 0 aliphatic heterocycles. The highest BCUT2D eigenvalue weighted by Crippen LogP contribution is 2.55. The third-order valence-electron chi connectivity index (χ3n) is 21.4. The minimum Gasteiger partial charge on any atom is -0.309 e. The van der Waals surface area contributed by atoms with Gasteiger partial charge in [-0.1, -0.05) is 336 Å². The molecule has 0 spiro atoms. The zero-order valence-corrected chi connectivity index (χ0v) is 61.4. The molecule has 0 bridgehead atoms. The van der Waals surface area contributed by atoms with E-state index in [-0.39, 0.29) is 0 Å². The number of hydrogen-bond donors (Lipinski definition) is 0. The van der Waals surface area contributed by atoms with Gasteiger partial charge in [-0.25, -0.2) is 9.97 Å². The van der Waals surface area contributed by atoms with Crippen LogP contribution in [0, 0.1) is 0 Å². The van der Waals surface area contributed by atoms with E-state index in [4.69, 9.17) is 9.97 Å². The maximum absolute atomic E-state index is 5.84. The lowest BCUT2D eigenvalue weighted by atomic mass is 9.85.